The fraction of sp³-hybridized carbons (Fsp3) is 0.368. The Hall–Kier alpha value is -2.76. The molecule has 6 nitrogen and oxygen atoms in total. The highest BCUT2D eigenvalue weighted by Gasteiger charge is 2.21. The highest BCUT2D eigenvalue weighted by molar-refractivity contribution is 6.13. The summed E-state index contributed by atoms with van der Waals surface area (Å²) in [6.07, 6.45) is 7.40. The number of rotatable bonds is 2. The molecule has 6 heteroatoms. The monoisotopic (exact) mass is 335 g/mol. The second-order valence-electron chi connectivity index (χ2n) is 6.88. The third kappa shape index (κ3) is 2.32. The number of carbonyl (C=O) groups is 1. The van der Waals surface area contributed by atoms with Crippen LogP contribution in [0.3, 0.4) is 0 Å². The van der Waals surface area contributed by atoms with Crippen molar-refractivity contribution in [2.75, 3.05) is 17.2 Å². The first-order valence-corrected chi connectivity index (χ1v) is 9.05. The highest BCUT2D eigenvalue weighted by atomic mass is 16.1. The van der Waals surface area contributed by atoms with E-state index >= 15 is 0 Å². The summed E-state index contributed by atoms with van der Waals surface area (Å²) < 4.78 is 1.91. The third-order valence-corrected chi connectivity index (χ3v) is 5.30. The summed E-state index contributed by atoms with van der Waals surface area (Å²) in [5.74, 6) is 0.810. The quantitative estimate of drug-likeness (QED) is 0.672. The largest absolute Gasteiger partial charge is 0.368 e. The molecule has 0 fully saturated rings. The Kier molecular flexibility index (Phi) is 3.29. The topological polar surface area (TPSA) is 74.7 Å². The normalized spacial score (nSPS) is 16.2. The van der Waals surface area contributed by atoms with Crippen LogP contribution in [0.1, 0.15) is 40.9 Å². The molecule has 1 aromatic carbocycles. The van der Waals surface area contributed by atoms with Gasteiger partial charge in [-0.2, -0.15) is 5.10 Å². The maximum atomic E-state index is 12.9. The Morgan fingerprint density at radius 1 is 1.20 bits per heavy atom. The van der Waals surface area contributed by atoms with E-state index in [1.165, 1.54) is 29.5 Å². The lowest BCUT2D eigenvalue weighted by Crippen LogP contribution is -2.19. The van der Waals surface area contributed by atoms with Gasteiger partial charge in [0, 0.05) is 24.2 Å². The number of amides is 1. The molecule has 3 aromatic rings. The summed E-state index contributed by atoms with van der Waals surface area (Å²) in [7, 11) is 0. The molecular weight excluding hydrogens is 314 g/mol. The number of H-pyrrole nitrogens is 1. The lowest BCUT2D eigenvalue weighted by molar-refractivity contribution is 0.102. The van der Waals surface area contributed by atoms with Crippen molar-refractivity contribution in [2.24, 2.45) is 0 Å². The maximum Gasteiger partial charge on any atom is 0.257 e. The van der Waals surface area contributed by atoms with Gasteiger partial charge in [-0.15, -0.1) is 0 Å². The minimum Gasteiger partial charge on any atom is -0.368 e. The number of para-hydroxylation sites is 1. The van der Waals surface area contributed by atoms with Gasteiger partial charge in [-0.05, 0) is 43.7 Å². The zero-order valence-corrected chi connectivity index (χ0v) is 14.1. The highest BCUT2D eigenvalue weighted by Crippen LogP contribution is 2.31. The van der Waals surface area contributed by atoms with Gasteiger partial charge in [-0.1, -0.05) is 12.1 Å². The molecule has 3 N–H and O–H groups in total. The van der Waals surface area contributed by atoms with Crippen molar-refractivity contribution in [2.45, 2.75) is 38.6 Å². The van der Waals surface area contributed by atoms with Crippen LogP contribution >= 0.6 is 0 Å². The van der Waals surface area contributed by atoms with Crippen LogP contribution < -0.4 is 10.6 Å². The summed E-state index contributed by atoms with van der Waals surface area (Å²) in [6, 6.07) is 5.99. The molecule has 0 saturated carbocycles. The van der Waals surface area contributed by atoms with Crippen LogP contribution in [-0.2, 0) is 19.4 Å². The van der Waals surface area contributed by atoms with E-state index in [-0.39, 0.29) is 5.91 Å². The molecule has 5 rings (SSSR count). The first-order chi connectivity index (χ1) is 12.3. The molecule has 0 bridgehead atoms. The third-order valence-electron chi connectivity index (χ3n) is 5.30. The van der Waals surface area contributed by atoms with Crippen LogP contribution in [0, 0.1) is 0 Å². The van der Waals surface area contributed by atoms with Crippen molar-refractivity contribution in [3.8, 4) is 0 Å². The Bertz CT molecular complexity index is 968. The molecule has 128 valence electrons. The molecule has 0 atom stereocenters. The number of hydrogen-bond acceptors (Lipinski definition) is 3. The van der Waals surface area contributed by atoms with Crippen molar-refractivity contribution in [3.63, 3.8) is 0 Å². The number of anilines is 2. The van der Waals surface area contributed by atoms with Crippen LogP contribution in [0.2, 0.25) is 0 Å². The van der Waals surface area contributed by atoms with Crippen LogP contribution in [-0.4, -0.2) is 27.2 Å². The zero-order chi connectivity index (χ0) is 16.8. The van der Waals surface area contributed by atoms with Gasteiger partial charge in [0.1, 0.15) is 11.5 Å². The summed E-state index contributed by atoms with van der Waals surface area (Å²) in [6.45, 7) is 1.80. The zero-order valence-electron chi connectivity index (χ0n) is 14.1. The van der Waals surface area contributed by atoms with E-state index in [1.54, 1.807) is 6.20 Å². The van der Waals surface area contributed by atoms with E-state index in [4.69, 9.17) is 0 Å². The van der Waals surface area contributed by atoms with Crippen LogP contribution in [0.4, 0.5) is 11.5 Å². The second kappa shape index (κ2) is 5.65. The molecule has 0 spiro atoms. The number of aryl methyl sites for hydroxylation is 3. The molecule has 3 heterocycles. The number of aromatic amines is 1. The van der Waals surface area contributed by atoms with Gasteiger partial charge in [0.25, 0.3) is 5.91 Å². The smallest absolute Gasteiger partial charge is 0.257 e. The summed E-state index contributed by atoms with van der Waals surface area (Å²) in [4.78, 5) is 16.4. The SMILES string of the molecule is O=C(Nc1cnn2c1NCCC2)c1cccc2c3c([nH]c12)CCCC3. The molecule has 0 saturated heterocycles. The van der Waals surface area contributed by atoms with Crippen molar-refractivity contribution in [1.29, 1.82) is 0 Å². The van der Waals surface area contributed by atoms with Crippen molar-refractivity contribution in [1.82, 2.24) is 14.8 Å². The molecule has 1 amide bonds. The van der Waals surface area contributed by atoms with Crippen molar-refractivity contribution in [3.05, 3.63) is 41.2 Å². The first-order valence-electron chi connectivity index (χ1n) is 9.05. The van der Waals surface area contributed by atoms with Gasteiger partial charge in [0.2, 0.25) is 0 Å². The number of carbonyl (C=O) groups excluding carboxylic acids is 1. The van der Waals surface area contributed by atoms with Gasteiger partial charge in [0.15, 0.2) is 0 Å². The predicted octanol–water partition coefficient (Wildman–Crippen LogP) is 3.31. The number of benzene rings is 1. The van der Waals surface area contributed by atoms with Crippen molar-refractivity contribution < 1.29 is 4.79 Å². The minimum atomic E-state index is -0.0904. The summed E-state index contributed by atoms with van der Waals surface area (Å²) in [5, 5.41) is 11.9. The Labute approximate surface area is 145 Å². The Balaban J connectivity index is 1.51. The van der Waals surface area contributed by atoms with Crippen LogP contribution in [0.5, 0.6) is 0 Å². The Morgan fingerprint density at radius 2 is 2.12 bits per heavy atom. The number of fused-ring (bicyclic) bond motifs is 4. The lowest BCUT2D eigenvalue weighted by atomic mass is 9.95. The van der Waals surface area contributed by atoms with Gasteiger partial charge in [-0.25, -0.2) is 4.68 Å². The number of nitrogens with one attached hydrogen (secondary N) is 3. The second-order valence-corrected chi connectivity index (χ2v) is 6.88. The standard InChI is InChI=1S/C19H21N5O/c25-19(23-16-11-21-24-10-4-9-20-18(16)24)14-7-3-6-13-12-5-1-2-8-15(12)22-17(13)14/h3,6-7,11,20,22H,1-2,4-5,8-10H2,(H,23,25). The summed E-state index contributed by atoms with van der Waals surface area (Å²) >= 11 is 0. The van der Waals surface area contributed by atoms with E-state index in [9.17, 15) is 4.79 Å². The van der Waals surface area contributed by atoms with E-state index < -0.39 is 0 Å². The van der Waals surface area contributed by atoms with Crippen LogP contribution in [0.25, 0.3) is 10.9 Å². The average Bonchev–Trinajstić information content (AvgIpc) is 3.23. The van der Waals surface area contributed by atoms with Crippen LogP contribution in [0.15, 0.2) is 24.4 Å². The van der Waals surface area contributed by atoms with Gasteiger partial charge < -0.3 is 15.6 Å². The molecule has 0 radical (unpaired) electrons. The molecule has 1 aliphatic carbocycles. The van der Waals surface area contributed by atoms with E-state index in [2.05, 4.69) is 26.8 Å². The lowest BCUT2D eigenvalue weighted by Gasteiger charge is -2.17. The maximum absolute atomic E-state index is 12.9. The first kappa shape index (κ1) is 14.6. The molecule has 25 heavy (non-hydrogen) atoms. The Morgan fingerprint density at radius 3 is 3.08 bits per heavy atom. The van der Waals surface area contributed by atoms with Gasteiger partial charge in [-0.3, -0.25) is 4.79 Å². The fourth-order valence-corrected chi connectivity index (χ4v) is 4.08. The molecule has 0 unspecified atom stereocenters. The minimum absolute atomic E-state index is 0.0904. The number of aromatic nitrogens is 3. The fourth-order valence-electron chi connectivity index (χ4n) is 4.08. The van der Waals surface area contributed by atoms with Gasteiger partial charge >= 0.3 is 0 Å². The molecule has 2 aromatic heterocycles. The van der Waals surface area contributed by atoms with E-state index in [0.29, 0.717) is 5.56 Å². The molecule has 2 aliphatic rings. The summed E-state index contributed by atoms with van der Waals surface area (Å²) in [5.41, 5.74) is 5.09. The number of nitrogens with zero attached hydrogens (tertiary/aromatic N) is 2. The van der Waals surface area contributed by atoms with Gasteiger partial charge in [0.05, 0.1) is 17.3 Å². The van der Waals surface area contributed by atoms with E-state index in [1.807, 2.05) is 16.8 Å². The predicted molar refractivity (Wildman–Crippen MR) is 98.2 cm³/mol. The van der Waals surface area contributed by atoms with Crippen molar-refractivity contribution >= 4 is 28.3 Å². The average molecular weight is 335 g/mol. The molecule has 1 aliphatic heterocycles. The number of hydrogen-bond donors (Lipinski definition) is 3. The molecular formula is C19H21N5O. The van der Waals surface area contributed by atoms with E-state index in [0.717, 1.165) is 49.4 Å².